The molecule has 0 unspecified atom stereocenters. The minimum Gasteiger partial charge on any atom is -0.325 e. The normalized spacial score (nSPS) is 13.2. The fourth-order valence-electron chi connectivity index (χ4n) is 4.64. The monoisotopic (exact) mass is 408 g/mol. The van der Waals surface area contributed by atoms with Gasteiger partial charge in [-0.3, -0.25) is 9.59 Å². The van der Waals surface area contributed by atoms with Crippen LogP contribution in [0.1, 0.15) is 41.0 Å². The molecule has 1 aliphatic carbocycles. The van der Waals surface area contributed by atoms with E-state index < -0.39 is 5.92 Å². The van der Waals surface area contributed by atoms with Gasteiger partial charge in [-0.25, -0.2) is 0 Å². The van der Waals surface area contributed by atoms with Gasteiger partial charge in [0, 0.05) is 16.6 Å². The molecule has 4 heteroatoms. The standard InChI is InChI=1S/C27H24N2O2/c30-26-23-14-8-7-13-21(23)22-16-15-20(17-24(22)29-26)28-27(31)25(18-9-3-1-4-10-18)19-11-5-2-6-12-19/h1-6,9-12,15-17,25H,7-8,13-14H2,(H,28,31)(H,29,30). The summed E-state index contributed by atoms with van der Waals surface area (Å²) in [5.41, 5.74) is 5.42. The van der Waals surface area contributed by atoms with Crippen LogP contribution in [0.25, 0.3) is 10.9 Å². The third-order valence-electron chi connectivity index (χ3n) is 6.13. The number of hydrogen-bond acceptors (Lipinski definition) is 2. The van der Waals surface area contributed by atoms with Gasteiger partial charge in [-0.1, -0.05) is 66.7 Å². The van der Waals surface area contributed by atoms with E-state index in [1.807, 2.05) is 78.9 Å². The maximum atomic E-state index is 13.4. The fraction of sp³-hybridized carbons (Fsp3) is 0.185. The van der Waals surface area contributed by atoms with Crippen molar-refractivity contribution in [1.29, 1.82) is 0 Å². The second-order valence-electron chi connectivity index (χ2n) is 8.12. The van der Waals surface area contributed by atoms with Gasteiger partial charge < -0.3 is 10.3 Å². The molecule has 4 nitrogen and oxygen atoms in total. The highest BCUT2D eigenvalue weighted by molar-refractivity contribution is 5.99. The van der Waals surface area contributed by atoms with E-state index in [2.05, 4.69) is 10.3 Å². The van der Waals surface area contributed by atoms with Crippen LogP contribution in [0.4, 0.5) is 5.69 Å². The number of aromatic amines is 1. The van der Waals surface area contributed by atoms with E-state index in [1.54, 1.807) is 0 Å². The van der Waals surface area contributed by atoms with Crippen molar-refractivity contribution < 1.29 is 4.79 Å². The van der Waals surface area contributed by atoms with E-state index in [9.17, 15) is 9.59 Å². The lowest BCUT2D eigenvalue weighted by atomic mass is 9.89. The summed E-state index contributed by atoms with van der Waals surface area (Å²) in [6.45, 7) is 0. The van der Waals surface area contributed by atoms with Gasteiger partial charge in [-0.2, -0.15) is 0 Å². The Kier molecular flexibility index (Phi) is 5.13. The number of amides is 1. The Morgan fingerprint density at radius 2 is 1.42 bits per heavy atom. The zero-order valence-electron chi connectivity index (χ0n) is 17.2. The maximum Gasteiger partial charge on any atom is 0.251 e. The lowest BCUT2D eigenvalue weighted by Crippen LogP contribution is -2.22. The van der Waals surface area contributed by atoms with Crippen LogP contribution in [0.2, 0.25) is 0 Å². The number of carbonyl (C=O) groups is 1. The van der Waals surface area contributed by atoms with Gasteiger partial charge in [0.25, 0.3) is 5.56 Å². The summed E-state index contributed by atoms with van der Waals surface area (Å²) in [7, 11) is 0. The molecule has 0 spiro atoms. The number of carbonyl (C=O) groups excluding carboxylic acids is 1. The quantitative estimate of drug-likeness (QED) is 0.489. The zero-order valence-corrected chi connectivity index (χ0v) is 17.2. The Morgan fingerprint density at radius 3 is 2.06 bits per heavy atom. The van der Waals surface area contributed by atoms with Crippen LogP contribution < -0.4 is 10.9 Å². The number of pyridine rings is 1. The lowest BCUT2D eigenvalue weighted by Gasteiger charge is -2.19. The van der Waals surface area contributed by atoms with Gasteiger partial charge in [0.2, 0.25) is 5.91 Å². The third kappa shape index (κ3) is 3.77. The Morgan fingerprint density at radius 1 is 0.806 bits per heavy atom. The van der Waals surface area contributed by atoms with Gasteiger partial charge in [-0.05, 0) is 54.5 Å². The largest absolute Gasteiger partial charge is 0.325 e. The topological polar surface area (TPSA) is 62.0 Å². The third-order valence-corrected chi connectivity index (χ3v) is 6.13. The summed E-state index contributed by atoms with van der Waals surface area (Å²) in [5, 5.41) is 4.15. The molecule has 5 rings (SSSR count). The van der Waals surface area contributed by atoms with Crippen LogP contribution >= 0.6 is 0 Å². The molecule has 3 aromatic carbocycles. The van der Waals surface area contributed by atoms with Crippen molar-refractivity contribution in [1.82, 2.24) is 4.98 Å². The highest BCUT2D eigenvalue weighted by Crippen LogP contribution is 2.29. The smallest absolute Gasteiger partial charge is 0.251 e. The summed E-state index contributed by atoms with van der Waals surface area (Å²) in [6, 6.07) is 25.4. The number of rotatable bonds is 4. The number of anilines is 1. The number of benzene rings is 3. The predicted octanol–water partition coefficient (Wildman–Crippen LogP) is 5.18. The van der Waals surface area contributed by atoms with Gasteiger partial charge in [0.05, 0.1) is 11.4 Å². The van der Waals surface area contributed by atoms with Crippen LogP contribution in [0.5, 0.6) is 0 Å². The van der Waals surface area contributed by atoms with Crippen molar-refractivity contribution in [3.05, 3.63) is 111 Å². The Labute approximate surface area is 181 Å². The molecular weight excluding hydrogens is 384 g/mol. The van der Waals surface area contributed by atoms with Crippen LogP contribution in [0.3, 0.4) is 0 Å². The van der Waals surface area contributed by atoms with Crippen molar-refractivity contribution in [3.63, 3.8) is 0 Å². The molecule has 0 saturated carbocycles. The molecule has 0 fully saturated rings. The Bertz CT molecular complexity index is 1250. The van der Waals surface area contributed by atoms with E-state index >= 15 is 0 Å². The predicted molar refractivity (Wildman–Crippen MR) is 125 cm³/mol. The average Bonchev–Trinajstić information content (AvgIpc) is 2.81. The average molecular weight is 409 g/mol. The Balaban J connectivity index is 1.50. The van der Waals surface area contributed by atoms with E-state index in [0.717, 1.165) is 58.8 Å². The summed E-state index contributed by atoms with van der Waals surface area (Å²) < 4.78 is 0. The number of nitrogens with one attached hydrogen (secondary N) is 2. The van der Waals surface area contributed by atoms with Gasteiger partial charge in [-0.15, -0.1) is 0 Å². The summed E-state index contributed by atoms with van der Waals surface area (Å²) >= 11 is 0. The van der Waals surface area contributed by atoms with E-state index in [0.29, 0.717) is 5.69 Å². The maximum absolute atomic E-state index is 13.4. The lowest BCUT2D eigenvalue weighted by molar-refractivity contribution is -0.116. The van der Waals surface area contributed by atoms with Crippen molar-refractivity contribution in [2.75, 3.05) is 5.32 Å². The van der Waals surface area contributed by atoms with E-state index in [4.69, 9.17) is 0 Å². The molecule has 1 heterocycles. The van der Waals surface area contributed by atoms with E-state index in [-0.39, 0.29) is 11.5 Å². The van der Waals surface area contributed by atoms with Crippen molar-refractivity contribution in [3.8, 4) is 0 Å². The summed E-state index contributed by atoms with van der Waals surface area (Å²) in [6.07, 6.45) is 3.95. The summed E-state index contributed by atoms with van der Waals surface area (Å²) in [5.74, 6) is -0.516. The molecule has 2 N–H and O–H groups in total. The molecular formula is C27H24N2O2. The Hall–Kier alpha value is -3.66. The van der Waals surface area contributed by atoms with E-state index in [1.165, 1.54) is 0 Å². The molecule has 154 valence electrons. The van der Waals surface area contributed by atoms with Gasteiger partial charge in [0.15, 0.2) is 0 Å². The van der Waals surface area contributed by atoms with Crippen LogP contribution in [-0.4, -0.2) is 10.9 Å². The summed E-state index contributed by atoms with van der Waals surface area (Å²) in [4.78, 5) is 28.9. The second kappa shape index (κ2) is 8.23. The number of fused-ring (bicyclic) bond motifs is 3. The fourth-order valence-corrected chi connectivity index (χ4v) is 4.64. The number of aryl methyl sites for hydroxylation is 1. The van der Waals surface area contributed by atoms with Crippen molar-refractivity contribution in [2.24, 2.45) is 0 Å². The molecule has 0 bridgehead atoms. The number of aromatic nitrogens is 1. The minimum atomic E-state index is -0.416. The second-order valence-corrected chi connectivity index (χ2v) is 8.12. The zero-order chi connectivity index (χ0) is 21.2. The minimum absolute atomic E-state index is 0.00266. The van der Waals surface area contributed by atoms with Crippen LogP contribution in [0, 0.1) is 0 Å². The first-order valence-corrected chi connectivity index (χ1v) is 10.8. The highest BCUT2D eigenvalue weighted by atomic mass is 16.2. The SMILES string of the molecule is O=C(Nc1ccc2c3c(c(=O)[nH]c2c1)CCCC3)C(c1ccccc1)c1ccccc1. The molecule has 4 aromatic rings. The molecule has 0 aliphatic heterocycles. The molecule has 0 saturated heterocycles. The van der Waals surface area contributed by atoms with Gasteiger partial charge in [0.1, 0.15) is 0 Å². The van der Waals surface area contributed by atoms with Crippen molar-refractivity contribution >= 4 is 22.5 Å². The van der Waals surface area contributed by atoms with Crippen LogP contribution in [0.15, 0.2) is 83.7 Å². The first-order chi connectivity index (χ1) is 15.2. The van der Waals surface area contributed by atoms with Crippen molar-refractivity contribution in [2.45, 2.75) is 31.6 Å². The molecule has 1 amide bonds. The number of H-pyrrole nitrogens is 1. The molecule has 31 heavy (non-hydrogen) atoms. The molecule has 0 radical (unpaired) electrons. The van der Waals surface area contributed by atoms with Crippen LogP contribution in [-0.2, 0) is 17.6 Å². The highest BCUT2D eigenvalue weighted by Gasteiger charge is 2.23. The first-order valence-electron chi connectivity index (χ1n) is 10.8. The molecule has 0 atom stereocenters. The van der Waals surface area contributed by atoms with Gasteiger partial charge >= 0.3 is 0 Å². The number of hydrogen-bond donors (Lipinski definition) is 2. The first kappa shape index (κ1) is 19.3. The molecule has 1 aliphatic rings. The molecule has 1 aromatic heterocycles.